The molecule has 0 saturated carbocycles. The van der Waals surface area contributed by atoms with Crippen molar-refractivity contribution in [2.75, 3.05) is 13.2 Å². The molecule has 1 N–H and O–H groups in total. The minimum Gasteiger partial charge on any atom is -0.490 e. The highest BCUT2D eigenvalue weighted by atomic mass is 32.1. The zero-order valence-electron chi connectivity index (χ0n) is 25.4. The van der Waals surface area contributed by atoms with Gasteiger partial charge in [0.1, 0.15) is 5.78 Å². The Hall–Kier alpha value is -4.24. The summed E-state index contributed by atoms with van der Waals surface area (Å²) < 4.78 is 74.3. The number of Topliss-reactive ketones (excluding diaryl/α,β-unsaturated/α-hetero) is 3. The van der Waals surface area contributed by atoms with E-state index in [1.54, 1.807) is 13.0 Å². The second-order valence-corrected chi connectivity index (χ2v) is 12.9. The first-order valence-corrected chi connectivity index (χ1v) is 15.9. The molecule has 0 saturated heterocycles. The summed E-state index contributed by atoms with van der Waals surface area (Å²) in [4.78, 5) is 48.5. The number of halogens is 4. The van der Waals surface area contributed by atoms with Crippen molar-refractivity contribution in [1.82, 2.24) is 0 Å². The third kappa shape index (κ3) is 9.41. The van der Waals surface area contributed by atoms with Crippen LogP contribution in [0.1, 0.15) is 59.4 Å². The number of hydrogen-bond donors (Lipinski definition) is 1. The van der Waals surface area contributed by atoms with Crippen molar-refractivity contribution in [1.29, 1.82) is 0 Å². The topological polar surface area (TPSA) is 125 Å². The van der Waals surface area contributed by atoms with Crippen molar-refractivity contribution in [3.05, 3.63) is 46.2 Å². The summed E-state index contributed by atoms with van der Waals surface area (Å²) in [5, 5.41) is 10.1. The first-order valence-electron chi connectivity index (χ1n) is 14.3. The van der Waals surface area contributed by atoms with Gasteiger partial charge in [0.25, 0.3) is 0 Å². The highest BCUT2D eigenvalue weighted by molar-refractivity contribution is 7.21. The van der Waals surface area contributed by atoms with Crippen LogP contribution in [0.4, 0.5) is 17.6 Å². The fourth-order valence-corrected chi connectivity index (χ4v) is 6.43. The molecule has 0 amide bonds. The Kier molecular flexibility index (Phi) is 11.8. The molecule has 0 aliphatic carbocycles. The van der Waals surface area contributed by atoms with Crippen molar-refractivity contribution in [3.8, 4) is 23.0 Å². The van der Waals surface area contributed by atoms with Crippen molar-refractivity contribution in [2.45, 2.75) is 53.3 Å². The second kappa shape index (κ2) is 15.6. The van der Waals surface area contributed by atoms with E-state index >= 15 is 0 Å². The van der Waals surface area contributed by atoms with E-state index in [0.717, 1.165) is 22.7 Å². The van der Waals surface area contributed by atoms with Crippen molar-refractivity contribution in [3.63, 3.8) is 0 Å². The third-order valence-electron chi connectivity index (χ3n) is 7.05. The monoisotopic (exact) mass is 698 g/mol. The van der Waals surface area contributed by atoms with E-state index in [0.29, 0.717) is 25.0 Å². The van der Waals surface area contributed by atoms with Crippen LogP contribution in [0.15, 0.2) is 36.4 Å². The Bertz CT molecular complexity index is 1660. The van der Waals surface area contributed by atoms with E-state index in [1.807, 2.05) is 0 Å². The van der Waals surface area contributed by atoms with Gasteiger partial charge in [-0.05, 0) is 42.0 Å². The number of aliphatic carboxylic acids is 1. The number of carboxylic acid groups (broad SMARTS) is 1. The molecule has 0 aliphatic rings. The molecule has 15 heteroatoms. The van der Waals surface area contributed by atoms with Crippen LogP contribution in [0.5, 0.6) is 23.0 Å². The number of carbonyl (C=O) groups excluding carboxylic acids is 3. The van der Waals surface area contributed by atoms with Crippen LogP contribution in [-0.2, 0) is 9.59 Å². The number of hydrogen-bond acceptors (Lipinski definition) is 10. The Morgan fingerprint density at radius 1 is 0.681 bits per heavy atom. The van der Waals surface area contributed by atoms with E-state index in [4.69, 9.17) is 14.6 Å². The van der Waals surface area contributed by atoms with Gasteiger partial charge in [-0.1, -0.05) is 13.8 Å². The molecule has 4 rings (SSSR count). The van der Waals surface area contributed by atoms with Crippen LogP contribution >= 0.6 is 22.7 Å². The number of carbonyl (C=O) groups is 4. The van der Waals surface area contributed by atoms with E-state index in [2.05, 4.69) is 9.47 Å². The van der Waals surface area contributed by atoms with Gasteiger partial charge < -0.3 is 24.1 Å². The van der Waals surface area contributed by atoms with Crippen LogP contribution < -0.4 is 18.9 Å². The zero-order valence-corrected chi connectivity index (χ0v) is 27.0. The molecule has 9 nitrogen and oxygen atoms in total. The van der Waals surface area contributed by atoms with Gasteiger partial charge in [-0.15, -0.1) is 22.7 Å². The Labute approximate surface area is 274 Å². The van der Waals surface area contributed by atoms with Crippen molar-refractivity contribution >= 4 is 66.2 Å². The smallest absolute Gasteiger partial charge is 0.387 e. The highest BCUT2D eigenvalue weighted by Crippen LogP contribution is 2.40. The fraction of sp³-hybridized carbons (Fsp3) is 0.375. The molecular formula is C32H30F4O9S2. The number of thiophene rings is 2. The molecule has 0 fully saturated rings. The third-order valence-corrected chi connectivity index (χ3v) is 9.33. The summed E-state index contributed by atoms with van der Waals surface area (Å²) in [6.45, 7) is -1.96. The summed E-state index contributed by atoms with van der Waals surface area (Å²) in [6.07, 6.45) is -0.0370. The number of ketones is 3. The lowest BCUT2D eigenvalue weighted by molar-refractivity contribution is -0.141. The number of alkyl halides is 4. The standard InChI is InChI=1S/C32H30F4O9S2/c1-15(17(3)37)7-20(38)28-11-18-9-22(24(44-31(33)34)13-26(18)46-28)42-5-4-6-43-23-10-19-12-29(21(39)8-16(2)30(40)41)47-27(19)14-25(23)45-32(35)36/h9-16,31-32H,4-8H2,1-3H3,(H,40,41)/t15-,16-/m0/s1. The molecule has 2 heterocycles. The van der Waals surface area contributed by atoms with Crippen LogP contribution in [0.25, 0.3) is 20.2 Å². The van der Waals surface area contributed by atoms with Crippen LogP contribution in [0.3, 0.4) is 0 Å². The maximum Gasteiger partial charge on any atom is 0.387 e. The van der Waals surface area contributed by atoms with Gasteiger partial charge in [0, 0.05) is 46.7 Å². The number of carboxylic acids is 1. The van der Waals surface area contributed by atoms with E-state index in [1.165, 1.54) is 44.2 Å². The molecule has 2 atom stereocenters. The summed E-state index contributed by atoms with van der Waals surface area (Å²) in [7, 11) is 0. The SMILES string of the molecule is CC(=O)[C@@H](C)CC(=O)c1cc2cc(OCCCOc3cc4cc(C(=O)C[C@H](C)C(=O)O)sc4cc3OC(F)F)c(OC(F)F)cc2s1. The minimum absolute atomic E-state index is 0.0115. The summed E-state index contributed by atoms with van der Waals surface area (Å²) in [6, 6.07) is 8.65. The molecule has 0 radical (unpaired) electrons. The molecule has 252 valence electrons. The summed E-state index contributed by atoms with van der Waals surface area (Å²) >= 11 is 2.09. The number of rotatable bonds is 18. The maximum atomic E-state index is 13.2. The van der Waals surface area contributed by atoms with Gasteiger partial charge in [-0.2, -0.15) is 17.6 Å². The summed E-state index contributed by atoms with van der Waals surface area (Å²) in [5.41, 5.74) is 0. The Morgan fingerprint density at radius 2 is 1.11 bits per heavy atom. The lowest BCUT2D eigenvalue weighted by atomic mass is 10.0. The highest BCUT2D eigenvalue weighted by Gasteiger charge is 2.22. The predicted octanol–water partition coefficient (Wildman–Crippen LogP) is 8.26. The van der Waals surface area contributed by atoms with E-state index < -0.39 is 36.8 Å². The van der Waals surface area contributed by atoms with Gasteiger partial charge in [-0.25, -0.2) is 0 Å². The normalized spacial score (nSPS) is 12.8. The number of benzene rings is 2. The van der Waals surface area contributed by atoms with Crippen LogP contribution in [-0.4, -0.2) is 54.9 Å². The largest absolute Gasteiger partial charge is 0.490 e. The van der Waals surface area contributed by atoms with Gasteiger partial charge >= 0.3 is 19.2 Å². The fourth-order valence-electron chi connectivity index (χ4n) is 4.38. The minimum atomic E-state index is -3.16. The quantitative estimate of drug-likeness (QED) is 0.0621. The van der Waals surface area contributed by atoms with Gasteiger partial charge in [0.2, 0.25) is 0 Å². The molecule has 0 bridgehead atoms. The van der Waals surface area contributed by atoms with Crippen molar-refractivity contribution < 1.29 is 60.8 Å². The molecule has 2 aromatic carbocycles. The molecule has 0 unspecified atom stereocenters. The molecule has 47 heavy (non-hydrogen) atoms. The van der Waals surface area contributed by atoms with Crippen LogP contribution in [0, 0.1) is 11.8 Å². The molecule has 4 aromatic rings. The van der Waals surface area contributed by atoms with Gasteiger partial charge in [-0.3, -0.25) is 19.2 Å². The van der Waals surface area contributed by atoms with Gasteiger partial charge in [0.15, 0.2) is 34.6 Å². The average Bonchev–Trinajstić information content (AvgIpc) is 3.60. The molecule has 0 aliphatic heterocycles. The van der Waals surface area contributed by atoms with E-state index in [-0.39, 0.29) is 71.9 Å². The number of fused-ring (bicyclic) bond motifs is 2. The van der Waals surface area contributed by atoms with Crippen molar-refractivity contribution in [2.24, 2.45) is 11.8 Å². The first kappa shape index (κ1) is 35.6. The molecular weight excluding hydrogens is 668 g/mol. The second-order valence-electron chi connectivity index (χ2n) is 10.7. The van der Waals surface area contributed by atoms with Gasteiger partial charge in [0.05, 0.1) is 28.9 Å². The average molecular weight is 699 g/mol. The Morgan fingerprint density at radius 3 is 1.49 bits per heavy atom. The lowest BCUT2D eigenvalue weighted by Gasteiger charge is -2.14. The molecule has 0 spiro atoms. The predicted molar refractivity (Wildman–Crippen MR) is 167 cm³/mol. The number of ether oxygens (including phenoxy) is 4. The first-order chi connectivity index (χ1) is 22.2. The van der Waals surface area contributed by atoms with E-state index in [9.17, 15) is 36.7 Å². The molecule has 2 aromatic heterocycles. The lowest BCUT2D eigenvalue weighted by Crippen LogP contribution is -2.13. The Balaban J connectivity index is 1.45. The van der Waals surface area contributed by atoms with Crippen LogP contribution in [0.2, 0.25) is 0 Å². The zero-order chi connectivity index (χ0) is 34.4. The summed E-state index contributed by atoms with van der Waals surface area (Å²) in [5.74, 6) is -3.82. The maximum absolute atomic E-state index is 13.2.